The lowest BCUT2D eigenvalue weighted by Gasteiger charge is -2.26. The van der Waals surface area contributed by atoms with Crippen molar-refractivity contribution in [1.29, 1.82) is 0 Å². The van der Waals surface area contributed by atoms with Gasteiger partial charge in [-0.1, -0.05) is 54.9 Å². The van der Waals surface area contributed by atoms with Gasteiger partial charge in [-0.05, 0) is 11.6 Å². The van der Waals surface area contributed by atoms with Crippen LogP contribution >= 0.6 is 15.9 Å². The summed E-state index contributed by atoms with van der Waals surface area (Å²) in [7, 11) is 1.84. The van der Waals surface area contributed by atoms with E-state index in [2.05, 4.69) is 15.9 Å². The van der Waals surface area contributed by atoms with E-state index < -0.39 is 0 Å². The van der Waals surface area contributed by atoms with E-state index >= 15 is 0 Å². The fourth-order valence-electron chi connectivity index (χ4n) is 1.53. The number of carbonyl (C=O) groups is 1. The summed E-state index contributed by atoms with van der Waals surface area (Å²) >= 11 is 3.49. The molecule has 0 aliphatic carbocycles. The summed E-state index contributed by atoms with van der Waals surface area (Å²) in [5.74, 6) is 0.156. The van der Waals surface area contributed by atoms with Gasteiger partial charge in [-0.3, -0.25) is 4.79 Å². The molecule has 0 saturated carbocycles. The second-order valence-corrected chi connectivity index (χ2v) is 5.86. The summed E-state index contributed by atoms with van der Waals surface area (Å²) in [6.07, 6.45) is 0. The Morgan fingerprint density at radius 2 is 1.88 bits per heavy atom. The van der Waals surface area contributed by atoms with E-state index in [0.717, 1.165) is 10.0 Å². The van der Waals surface area contributed by atoms with Gasteiger partial charge in [0.05, 0.1) is 0 Å². The molecule has 1 rings (SSSR count). The Bertz CT molecular complexity index is 382. The summed E-state index contributed by atoms with van der Waals surface area (Å²) in [5, 5.41) is 0. The van der Waals surface area contributed by atoms with Gasteiger partial charge in [0.2, 0.25) is 5.91 Å². The predicted octanol–water partition coefficient (Wildman–Crippen LogP) is 3.45. The number of amides is 1. The molecule has 0 N–H and O–H groups in total. The quantitative estimate of drug-likeness (QED) is 0.814. The summed E-state index contributed by atoms with van der Waals surface area (Å²) in [6.45, 7) is 6.45. The molecule has 0 saturated heterocycles. The highest BCUT2D eigenvalue weighted by molar-refractivity contribution is 9.10. The molecule has 2 nitrogen and oxygen atoms in total. The minimum Gasteiger partial charge on any atom is -0.341 e. The first-order chi connectivity index (χ1) is 7.32. The van der Waals surface area contributed by atoms with Crippen LogP contribution in [0.2, 0.25) is 0 Å². The van der Waals surface area contributed by atoms with Crippen LogP contribution in [0.15, 0.2) is 28.7 Å². The van der Waals surface area contributed by atoms with Crippen LogP contribution in [0, 0.1) is 5.41 Å². The van der Waals surface area contributed by atoms with Gasteiger partial charge in [0.15, 0.2) is 0 Å². The number of hydrogen-bond donors (Lipinski definition) is 0. The maximum absolute atomic E-state index is 12.0. The van der Waals surface area contributed by atoms with Gasteiger partial charge in [-0.15, -0.1) is 0 Å². The van der Waals surface area contributed by atoms with Crippen LogP contribution in [-0.2, 0) is 11.3 Å². The molecule has 0 spiro atoms. The standard InChI is InChI=1S/C13H18BrNO/c1-13(2,3)12(16)15(4)9-10-7-5-6-8-11(10)14/h5-8H,9H2,1-4H3. The van der Waals surface area contributed by atoms with Gasteiger partial charge in [0.1, 0.15) is 0 Å². The molecule has 0 fully saturated rings. The monoisotopic (exact) mass is 283 g/mol. The van der Waals surface area contributed by atoms with Crippen LogP contribution in [0.5, 0.6) is 0 Å². The normalized spacial score (nSPS) is 11.3. The van der Waals surface area contributed by atoms with Crippen molar-refractivity contribution < 1.29 is 4.79 Å². The van der Waals surface area contributed by atoms with Crippen molar-refractivity contribution in [3.63, 3.8) is 0 Å². The van der Waals surface area contributed by atoms with Crippen LogP contribution in [0.25, 0.3) is 0 Å². The van der Waals surface area contributed by atoms with Crippen LogP contribution in [0.3, 0.4) is 0 Å². The Morgan fingerprint density at radius 1 is 1.31 bits per heavy atom. The minimum absolute atomic E-state index is 0.156. The van der Waals surface area contributed by atoms with Crippen molar-refractivity contribution in [1.82, 2.24) is 4.90 Å². The number of hydrogen-bond acceptors (Lipinski definition) is 1. The minimum atomic E-state index is -0.323. The fourth-order valence-corrected chi connectivity index (χ4v) is 1.94. The molecular formula is C13H18BrNO. The molecular weight excluding hydrogens is 266 g/mol. The van der Waals surface area contributed by atoms with E-state index in [1.807, 2.05) is 52.1 Å². The molecule has 88 valence electrons. The molecule has 0 aliphatic heterocycles. The topological polar surface area (TPSA) is 20.3 Å². The van der Waals surface area contributed by atoms with Crippen LogP contribution < -0.4 is 0 Å². The molecule has 0 bridgehead atoms. The van der Waals surface area contributed by atoms with Crippen LogP contribution in [-0.4, -0.2) is 17.9 Å². The Labute approximate surface area is 106 Å². The highest BCUT2D eigenvalue weighted by atomic mass is 79.9. The predicted molar refractivity (Wildman–Crippen MR) is 70.1 cm³/mol. The average Bonchev–Trinajstić information content (AvgIpc) is 2.19. The molecule has 1 aromatic rings. The molecule has 0 unspecified atom stereocenters. The fraction of sp³-hybridized carbons (Fsp3) is 0.462. The summed E-state index contributed by atoms with van der Waals surface area (Å²) in [5.41, 5.74) is 0.804. The number of carbonyl (C=O) groups excluding carboxylic acids is 1. The van der Waals surface area contributed by atoms with Gasteiger partial charge in [0, 0.05) is 23.5 Å². The SMILES string of the molecule is CN(Cc1ccccc1Br)C(=O)C(C)(C)C. The molecule has 0 aliphatic rings. The van der Waals surface area contributed by atoms with E-state index in [1.165, 1.54) is 0 Å². The van der Waals surface area contributed by atoms with Crippen molar-refractivity contribution in [2.24, 2.45) is 5.41 Å². The third-order valence-electron chi connectivity index (χ3n) is 2.35. The van der Waals surface area contributed by atoms with E-state index in [-0.39, 0.29) is 11.3 Å². The first-order valence-corrected chi connectivity index (χ1v) is 6.10. The zero-order chi connectivity index (χ0) is 12.3. The Hall–Kier alpha value is -0.830. The Balaban J connectivity index is 2.76. The molecule has 0 aromatic heterocycles. The summed E-state index contributed by atoms with van der Waals surface area (Å²) < 4.78 is 1.04. The lowest BCUT2D eigenvalue weighted by molar-refractivity contribution is -0.138. The number of benzene rings is 1. The molecule has 16 heavy (non-hydrogen) atoms. The zero-order valence-corrected chi connectivity index (χ0v) is 11.8. The van der Waals surface area contributed by atoms with Gasteiger partial charge < -0.3 is 4.90 Å². The first kappa shape index (κ1) is 13.2. The molecule has 1 aromatic carbocycles. The molecule has 0 radical (unpaired) electrons. The van der Waals surface area contributed by atoms with Gasteiger partial charge in [-0.25, -0.2) is 0 Å². The maximum atomic E-state index is 12.0. The lowest BCUT2D eigenvalue weighted by Crippen LogP contribution is -2.36. The molecule has 0 atom stereocenters. The average molecular weight is 284 g/mol. The zero-order valence-electron chi connectivity index (χ0n) is 10.2. The Kier molecular flexibility index (Phi) is 4.14. The smallest absolute Gasteiger partial charge is 0.227 e. The number of rotatable bonds is 2. The molecule has 3 heteroatoms. The Morgan fingerprint density at radius 3 is 2.38 bits per heavy atom. The number of nitrogens with zero attached hydrogens (tertiary/aromatic N) is 1. The van der Waals surface area contributed by atoms with E-state index in [9.17, 15) is 4.79 Å². The highest BCUT2D eigenvalue weighted by Gasteiger charge is 2.25. The lowest BCUT2D eigenvalue weighted by atomic mass is 9.95. The second-order valence-electron chi connectivity index (χ2n) is 5.00. The van der Waals surface area contributed by atoms with Gasteiger partial charge in [-0.2, -0.15) is 0 Å². The van der Waals surface area contributed by atoms with Crippen LogP contribution in [0.4, 0.5) is 0 Å². The van der Waals surface area contributed by atoms with Crippen molar-refractivity contribution in [3.8, 4) is 0 Å². The van der Waals surface area contributed by atoms with E-state index in [0.29, 0.717) is 6.54 Å². The van der Waals surface area contributed by atoms with Crippen LogP contribution in [0.1, 0.15) is 26.3 Å². The van der Waals surface area contributed by atoms with Gasteiger partial charge in [0.25, 0.3) is 0 Å². The maximum Gasteiger partial charge on any atom is 0.227 e. The van der Waals surface area contributed by atoms with E-state index in [1.54, 1.807) is 4.90 Å². The first-order valence-electron chi connectivity index (χ1n) is 5.31. The molecule has 1 amide bonds. The largest absolute Gasteiger partial charge is 0.341 e. The number of halogens is 1. The third kappa shape index (κ3) is 3.34. The van der Waals surface area contributed by atoms with Crippen molar-refractivity contribution >= 4 is 21.8 Å². The second kappa shape index (κ2) is 5.00. The summed E-state index contributed by atoms with van der Waals surface area (Å²) in [6, 6.07) is 7.97. The van der Waals surface area contributed by atoms with Crippen molar-refractivity contribution in [2.75, 3.05) is 7.05 Å². The van der Waals surface area contributed by atoms with E-state index in [4.69, 9.17) is 0 Å². The molecule has 0 heterocycles. The van der Waals surface area contributed by atoms with Gasteiger partial charge >= 0.3 is 0 Å². The highest BCUT2D eigenvalue weighted by Crippen LogP contribution is 2.21. The summed E-state index contributed by atoms with van der Waals surface area (Å²) in [4.78, 5) is 13.8. The van der Waals surface area contributed by atoms with Crippen molar-refractivity contribution in [3.05, 3.63) is 34.3 Å². The van der Waals surface area contributed by atoms with Crippen molar-refractivity contribution in [2.45, 2.75) is 27.3 Å². The third-order valence-corrected chi connectivity index (χ3v) is 3.13.